The zero-order valence-corrected chi connectivity index (χ0v) is 8.72. The van der Waals surface area contributed by atoms with Gasteiger partial charge in [-0.1, -0.05) is 36.4 Å². The molecule has 0 spiro atoms. The summed E-state index contributed by atoms with van der Waals surface area (Å²) in [7, 11) is 0. The molecule has 2 rings (SSSR count). The molecule has 0 saturated heterocycles. The number of hydrogen-bond acceptors (Lipinski definition) is 1. The van der Waals surface area contributed by atoms with Crippen molar-refractivity contribution in [1.82, 2.24) is 0 Å². The monoisotopic (exact) mass is 209 g/mol. The van der Waals surface area contributed by atoms with Gasteiger partial charge in [0, 0.05) is 0 Å². The van der Waals surface area contributed by atoms with Crippen LogP contribution in [0.25, 0.3) is 16.0 Å². The molecule has 0 heterocycles. The Bertz CT molecular complexity index is 540. The lowest BCUT2D eigenvalue weighted by molar-refractivity contribution is 0.282. The van der Waals surface area contributed by atoms with Gasteiger partial charge in [-0.15, -0.1) is 0 Å². The second-order valence-electron chi connectivity index (χ2n) is 3.52. The lowest BCUT2D eigenvalue weighted by atomic mass is 10.0. The van der Waals surface area contributed by atoms with E-state index < -0.39 is 0 Å². The minimum absolute atomic E-state index is 0.0380. The van der Waals surface area contributed by atoms with Gasteiger partial charge in [-0.3, -0.25) is 0 Å². The molecule has 0 bridgehead atoms. The zero-order valence-electron chi connectivity index (χ0n) is 8.72. The molecule has 0 unspecified atom stereocenters. The van der Waals surface area contributed by atoms with Crippen LogP contribution in [0, 0.1) is 6.57 Å². The molecule has 0 amide bonds. The van der Waals surface area contributed by atoms with Crippen molar-refractivity contribution >= 4 is 5.69 Å². The summed E-state index contributed by atoms with van der Waals surface area (Å²) in [5.74, 6) is 0. The quantitative estimate of drug-likeness (QED) is 0.753. The summed E-state index contributed by atoms with van der Waals surface area (Å²) < 4.78 is 0. The molecule has 2 heteroatoms. The van der Waals surface area contributed by atoms with Gasteiger partial charge in [0.05, 0.1) is 13.2 Å². The lowest BCUT2D eigenvalue weighted by Crippen LogP contribution is -1.84. The predicted octanol–water partition coefficient (Wildman–Crippen LogP) is 3.40. The minimum atomic E-state index is 0.0380. The number of aliphatic hydroxyl groups excluding tert-OH is 1. The smallest absolute Gasteiger partial charge is 0.187 e. The first-order chi connectivity index (χ1) is 7.83. The van der Waals surface area contributed by atoms with Gasteiger partial charge < -0.3 is 5.11 Å². The van der Waals surface area contributed by atoms with Crippen molar-refractivity contribution in [2.45, 2.75) is 6.61 Å². The zero-order chi connectivity index (χ0) is 11.4. The van der Waals surface area contributed by atoms with Gasteiger partial charge in [0.25, 0.3) is 0 Å². The molecule has 0 aliphatic carbocycles. The number of benzene rings is 2. The Kier molecular flexibility index (Phi) is 3.00. The summed E-state index contributed by atoms with van der Waals surface area (Å²) in [5.41, 5.74) is 3.54. The molecule has 0 radical (unpaired) electrons. The predicted molar refractivity (Wildman–Crippen MR) is 64.1 cm³/mol. The van der Waals surface area contributed by atoms with E-state index in [0.717, 1.165) is 16.7 Å². The first kappa shape index (κ1) is 10.4. The standard InChI is InChI=1S/C14H11NO/c1-15-14-7-3-6-13(9-14)12-5-2-4-11(8-12)10-16/h2-9,16H,10H2. The van der Waals surface area contributed by atoms with Crippen molar-refractivity contribution in [2.24, 2.45) is 0 Å². The van der Waals surface area contributed by atoms with Gasteiger partial charge in [-0.2, -0.15) is 0 Å². The van der Waals surface area contributed by atoms with Crippen LogP contribution in [0.2, 0.25) is 0 Å². The number of nitrogens with zero attached hydrogens (tertiary/aromatic N) is 1. The number of rotatable bonds is 2. The Hall–Kier alpha value is -2.11. The Morgan fingerprint density at radius 2 is 1.69 bits per heavy atom. The Morgan fingerprint density at radius 3 is 2.38 bits per heavy atom. The summed E-state index contributed by atoms with van der Waals surface area (Å²) >= 11 is 0. The SMILES string of the molecule is [C-]#[N+]c1cccc(-c2cccc(CO)c2)c1. The average Bonchev–Trinajstić information content (AvgIpc) is 2.39. The molecule has 2 nitrogen and oxygen atoms in total. The molecular weight excluding hydrogens is 198 g/mol. The van der Waals surface area contributed by atoms with Crippen molar-refractivity contribution < 1.29 is 5.11 Å². The molecule has 2 aromatic carbocycles. The first-order valence-corrected chi connectivity index (χ1v) is 5.01. The van der Waals surface area contributed by atoms with Crippen LogP contribution < -0.4 is 0 Å². The van der Waals surface area contributed by atoms with Gasteiger partial charge in [-0.25, -0.2) is 4.85 Å². The second-order valence-corrected chi connectivity index (χ2v) is 3.52. The van der Waals surface area contributed by atoms with E-state index in [2.05, 4.69) is 4.85 Å². The Morgan fingerprint density at radius 1 is 1.00 bits per heavy atom. The van der Waals surface area contributed by atoms with Crippen LogP contribution >= 0.6 is 0 Å². The van der Waals surface area contributed by atoms with E-state index in [1.54, 1.807) is 6.07 Å². The number of hydrogen-bond donors (Lipinski definition) is 1. The van der Waals surface area contributed by atoms with Crippen molar-refractivity contribution in [3.05, 3.63) is 65.5 Å². The molecule has 0 saturated carbocycles. The van der Waals surface area contributed by atoms with Crippen LogP contribution in [-0.2, 0) is 6.61 Å². The van der Waals surface area contributed by atoms with Crippen molar-refractivity contribution in [3.63, 3.8) is 0 Å². The van der Waals surface area contributed by atoms with E-state index in [0.29, 0.717) is 5.69 Å². The third kappa shape index (κ3) is 2.10. The summed E-state index contributed by atoms with van der Waals surface area (Å²) in [6, 6.07) is 15.2. The average molecular weight is 209 g/mol. The molecule has 0 fully saturated rings. The molecule has 0 aliphatic heterocycles. The highest BCUT2D eigenvalue weighted by Crippen LogP contribution is 2.24. The van der Waals surface area contributed by atoms with Gasteiger partial charge >= 0.3 is 0 Å². The molecule has 0 atom stereocenters. The highest BCUT2D eigenvalue weighted by atomic mass is 16.3. The maximum absolute atomic E-state index is 9.06. The van der Waals surface area contributed by atoms with Gasteiger partial charge in [0.1, 0.15) is 0 Å². The number of aliphatic hydroxyl groups is 1. The molecule has 0 aliphatic rings. The van der Waals surface area contributed by atoms with Crippen molar-refractivity contribution in [3.8, 4) is 11.1 Å². The summed E-state index contributed by atoms with van der Waals surface area (Å²) in [6.07, 6.45) is 0. The van der Waals surface area contributed by atoms with Crippen LogP contribution in [0.4, 0.5) is 5.69 Å². The van der Waals surface area contributed by atoms with E-state index in [4.69, 9.17) is 11.7 Å². The highest BCUT2D eigenvalue weighted by Gasteiger charge is 1.99. The minimum Gasteiger partial charge on any atom is -0.392 e. The molecule has 2 aromatic rings. The maximum atomic E-state index is 9.06. The van der Waals surface area contributed by atoms with Gasteiger partial charge in [-0.05, 0) is 28.8 Å². The van der Waals surface area contributed by atoms with Crippen LogP contribution in [0.3, 0.4) is 0 Å². The third-order valence-corrected chi connectivity index (χ3v) is 2.42. The molecular formula is C14H11NO. The third-order valence-electron chi connectivity index (χ3n) is 2.42. The van der Waals surface area contributed by atoms with Crippen LogP contribution in [-0.4, -0.2) is 5.11 Å². The fourth-order valence-electron chi connectivity index (χ4n) is 1.60. The molecule has 16 heavy (non-hydrogen) atoms. The van der Waals surface area contributed by atoms with Gasteiger partial charge in [0.2, 0.25) is 0 Å². The normalized spacial score (nSPS) is 9.75. The summed E-state index contributed by atoms with van der Waals surface area (Å²) in [4.78, 5) is 3.40. The van der Waals surface area contributed by atoms with Crippen LogP contribution in [0.5, 0.6) is 0 Å². The maximum Gasteiger partial charge on any atom is 0.187 e. The Balaban J connectivity index is 2.46. The van der Waals surface area contributed by atoms with Crippen molar-refractivity contribution in [2.75, 3.05) is 0 Å². The van der Waals surface area contributed by atoms with Crippen LogP contribution in [0.1, 0.15) is 5.56 Å². The fraction of sp³-hybridized carbons (Fsp3) is 0.0714. The summed E-state index contributed by atoms with van der Waals surface area (Å²) in [5, 5.41) is 9.06. The largest absolute Gasteiger partial charge is 0.392 e. The highest BCUT2D eigenvalue weighted by molar-refractivity contribution is 5.68. The van der Waals surface area contributed by atoms with Crippen molar-refractivity contribution in [1.29, 1.82) is 0 Å². The summed E-state index contributed by atoms with van der Waals surface area (Å²) in [6.45, 7) is 7.00. The Labute approximate surface area is 94.6 Å². The van der Waals surface area contributed by atoms with Gasteiger partial charge in [0.15, 0.2) is 5.69 Å². The topological polar surface area (TPSA) is 24.6 Å². The van der Waals surface area contributed by atoms with Crippen LogP contribution in [0.15, 0.2) is 48.5 Å². The van der Waals surface area contributed by atoms with E-state index in [-0.39, 0.29) is 6.61 Å². The van der Waals surface area contributed by atoms with E-state index >= 15 is 0 Å². The van der Waals surface area contributed by atoms with E-state index in [1.807, 2.05) is 42.5 Å². The second kappa shape index (κ2) is 4.61. The molecule has 78 valence electrons. The van der Waals surface area contributed by atoms with E-state index in [1.165, 1.54) is 0 Å². The lowest BCUT2D eigenvalue weighted by Gasteiger charge is -2.04. The molecule has 1 N–H and O–H groups in total. The fourth-order valence-corrected chi connectivity index (χ4v) is 1.60. The molecule has 0 aromatic heterocycles. The van der Waals surface area contributed by atoms with E-state index in [9.17, 15) is 0 Å². The first-order valence-electron chi connectivity index (χ1n) is 5.01.